The van der Waals surface area contributed by atoms with Crippen LogP contribution in [0.1, 0.15) is 46.1 Å². The number of nitrogens with zero attached hydrogens (tertiary/aromatic N) is 2. The zero-order chi connectivity index (χ0) is 21.6. The third kappa shape index (κ3) is 2.89. The van der Waals surface area contributed by atoms with Crippen molar-refractivity contribution in [1.29, 1.82) is 0 Å². The molecular weight excluding hydrogens is 376 g/mol. The average molecular weight is 407 g/mol. The maximum Gasteiger partial charge on any atom is 0.145 e. The van der Waals surface area contributed by atoms with Crippen LogP contribution < -0.4 is 0 Å². The molecule has 3 aromatic carbocycles. The van der Waals surface area contributed by atoms with E-state index in [-0.39, 0.29) is 5.41 Å². The van der Waals surface area contributed by atoms with Gasteiger partial charge in [-0.05, 0) is 58.4 Å². The Hall–Kier alpha value is -3.13. The lowest BCUT2D eigenvalue weighted by Gasteiger charge is -2.46. The van der Waals surface area contributed by atoms with E-state index >= 15 is 0 Å². The van der Waals surface area contributed by atoms with Gasteiger partial charge in [-0.2, -0.15) is 0 Å². The highest BCUT2D eigenvalue weighted by molar-refractivity contribution is 6.14. The summed E-state index contributed by atoms with van der Waals surface area (Å²) in [7, 11) is 0. The SMILES string of the molecule is CC.CC1CCC1(C)c1cccc2c3cc(-c4ccccc4)ccc3n3ccnc3c12. The van der Waals surface area contributed by atoms with Crippen molar-refractivity contribution in [2.45, 2.75) is 46.0 Å². The van der Waals surface area contributed by atoms with Crippen LogP contribution in [0.25, 0.3) is 38.4 Å². The first-order valence-electron chi connectivity index (χ1n) is 11.5. The molecule has 5 aromatic rings. The number of hydrogen-bond donors (Lipinski definition) is 0. The minimum atomic E-state index is 0.233. The van der Waals surface area contributed by atoms with Crippen LogP contribution in [0, 0.1) is 5.92 Å². The number of aromatic nitrogens is 2. The number of fused-ring (bicyclic) bond motifs is 6. The molecule has 2 heteroatoms. The van der Waals surface area contributed by atoms with Gasteiger partial charge in [-0.15, -0.1) is 0 Å². The lowest BCUT2D eigenvalue weighted by Crippen LogP contribution is -2.39. The Labute approximate surface area is 184 Å². The van der Waals surface area contributed by atoms with Gasteiger partial charge in [0, 0.05) is 23.2 Å². The molecule has 2 nitrogen and oxygen atoms in total. The van der Waals surface area contributed by atoms with Gasteiger partial charge in [0.15, 0.2) is 0 Å². The summed E-state index contributed by atoms with van der Waals surface area (Å²) in [4.78, 5) is 4.80. The van der Waals surface area contributed by atoms with Gasteiger partial charge in [0.05, 0.1) is 5.52 Å². The second kappa shape index (κ2) is 7.53. The lowest BCUT2D eigenvalue weighted by molar-refractivity contribution is 0.161. The Kier molecular flexibility index (Phi) is 4.81. The van der Waals surface area contributed by atoms with Gasteiger partial charge in [-0.25, -0.2) is 4.98 Å². The van der Waals surface area contributed by atoms with Gasteiger partial charge in [0.2, 0.25) is 0 Å². The smallest absolute Gasteiger partial charge is 0.145 e. The van der Waals surface area contributed by atoms with Crippen LogP contribution in [-0.2, 0) is 5.41 Å². The molecule has 0 spiro atoms. The number of imidazole rings is 1. The monoisotopic (exact) mass is 406 g/mol. The summed E-state index contributed by atoms with van der Waals surface area (Å²) >= 11 is 0. The highest BCUT2D eigenvalue weighted by atomic mass is 15.0. The molecular formula is C29H30N2. The molecule has 1 saturated carbocycles. The first kappa shape index (κ1) is 19.8. The second-order valence-corrected chi connectivity index (χ2v) is 8.80. The zero-order valence-corrected chi connectivity index (χ0v) is 18.9. The number of benzene rings is 3. The maximum atomic E-state index is 4.80. The molecule has 0 bridgehead atoms. The average Bonchev–Trinajstić information content (AvgIpc) is 3.34. The van der Waals surface area contributed by atoms with Crippen molar-refractivity contribution in [1.82, 2.24) is 9.38 Å². The van der Waals surface area contributed by atoms with Gasteiger partial charge < -0.3 is 0 Å². The van der Waals surface area contributed by atoms with Crippen molar-refractivity contribution in [2.75, 3.05) is 0 Å². The van der Waals surface area contributed by atoms with E-state index in [1.165, 1.54) is 51.2 Å². The molecule has 31 heavy (non-hydrogen) atoms. The topological polar surface area (TPSA) is 17.3 Å². The fourth-order valence-electron chi connectivity index (χ4n) is 5.21. The minimum Gasteiger partial charge on any atom is -0.299 e. The van der Waals surface area contributed by atoms with E-state index in [0.717, 1.165) is 5.65 Å². The molecule has 0 amide bonds. The largest absolute Gasteiger partial charge is 0.299 e. The summed E-state index contributed by atoms with van der Waals surface area (Å²) in [5.41, 5.74) is 6.49. The van der Waals surface area contributed by atoms with E-state index in [2.05, 4.69) is 91.2 Å². The molecule has 1 aliphatic rings. The van der Waals surface area contributed by atoms with E-state index in [1.807, 2.05) is 20.0 Å². The molecule has 2 aromatic heterocycles. The van der Waals surface area contributed by atoms with Gasteiger partial charge in [-0.1, -0.05) is 82.3 Å². The molecule has 0 saturated heterocycles. The van der Waals surface area contributed by atoms with E-state index in [0.29, 0.717) is 5.92 Å². The van der Waals surface area contributed by atoms with Crippen molar-refractivity contribution in [2.24, 2.45) is 5.92 Å². The molecule has 2 atom stereocenters. The van der Waals surface area contributed by atoms with Crippen LogP contribution in [0.2, 0.25) is 0 Å². The summed E-state index contributed by atoms with van der Waals surface area (Å²) in [6, 6.07) is 24.3. The summed E-state index contributed by atoms with van der Waals surface area (Å²) in [5, 5.41) is 3.93. The fraction of sp³-hybridized carbons (Fsp3) is 0.276. The van der Waals surface area contributed by atoms with Crippen molar-refractivity contribution in [3.8, 4) is 11.1 Å². The number of hydrogen-bond acceptors (Lipinski definition) is 1. The quantitative estimate of drug-likeness (QED) is 0.271. The highest BCUT2D eigenvalue weighted by Gasteiger charge is 2.42. The normalized spacial score (nSPS) is 20.5. The van der Waals surface area contributed by atoms with Crippen molar-refractivity contribution in [3.05, 3.63) is 84.7 Å². The molecule has 6 rings (SSSR count). The van der Waals surface area contributed by atoms with E-state index in [1.54, 1.807) is 0 Å². The maximum absolute atomic E-state index is 4.80. The summed E-state index contributed by atoms with van der Waals surface area (Å²) in [6.07, 6.45) is 6.59. The van der Waals surface area contributed by atoms with Gasteiger partial charge in [0.25, 0.3) is 0 Å². The Morgan fingerprint density at radius 1 is 0.903 bits per heavy atom. The van der Waals surface area contributed by atoms with Crippen molar-refractivity contribution >= 4 is 27.3 Å². The zero-order valence-electron chi connectivity index (χ0n) is 18.9. The molecule has 1 fully saturated rings. The summed E-state index contributed by atoms with van der Waals surface area (Å²) in [5.74, 6) is 0.703. The molecule has 1 aliphatic carbocycles. The van der Waals surface area contributed by atoms with Crippen LogP contribution in [0.4, 0.5) is 0 Å². The predicted octanol–water partition coefficient (Wildman–Crippen LogP) is 8.02. The van der Waals surface area contributed by atoms with Gasteiger partial charge in [-0.3, -0.25) is 4.40 Å². The number of pyridine rings is 1. The third-order valence-electron chi connectivity index (χ3n) is 7.38. The second-order valence-electron chi connectivity index (χ2n) is 8.80. The van der Waals surface area contributed by atoms with Crippen LogP contribution in [0.15, 0.2) is 79.1 Å². The Morgan fingerprint density at radius 2 is 1.71 bits per heavy atom. The van der Waals surface area contributed by atoms with E-state index in [4.69, 9.17) is 4.98 Å². The van der Waals surface area contributed by atoms with E-state index < -0.39 is 0 Å². The van der Waals surface area contributed by atoms with Crippen molar-refractivity contribution in [3.63, 3.8) is 0 Å². The Morgan fingerprint density at radius 3 is 2.42 bits per heavy atom. The van der Waals surface area contributed by atoms with Gasteiger partial charge >= 0.3 is 0 Å². The van der Waals surface area contributed by atoms with Crippen LogP contribution in [-0.4, -0.2) is 9.38 Å². The first-order chi connectivity index (χ1) is 15.2. The molecule has 0 radical (unpaired) electrons. The van der Waals surface area contributed by atoms with Crippen LogP contribution >= 0.6 is 0 Å². The van der Waals surface area contributed by atoms with Gasteiger partial charge in [0.1, 0.15) is 5.65 Å². The molecule has 0 aliphatic heterocycles. The van der Waals surface area contributed by atoms with Crippen LogP contribution in [0.3, 0.4) is 0 Å². The third-order valence-corrected chi connectivity index (χ3v) is 7.38. The first-order valence-corrected chi connectivity index (χ1v) is 11.5. The Balaban J connectivity index is 0.000000994. The molecule has 2 unspecified atom stereocenters. The van der Waals surface area contributed by atoms with E-state index in [9.17, 15) is 0 Å². The molecule has 2 heterocycles. The van der Waals surface area contributed by atoms with Crippen molar-refractivity contribution < 1.29 is 0 Å². The van der Waals surface area contributed by atoms with Crippen LogP contribution in [0.5, 0.6) is 0 Å². The molecule has 156 valence electrons. The molecule has 0 N–H and O–H groups in total. The fourth-order valence-corrected chi connectivity index (χ4v) is 5.21. The number of rotatable bonds is 2. The summed E-state index contributed by atoms with van der Waals surface area (Å²) in [6.45, 7) is 8.82. The summed E-state index contributed by atoms with van der Waals surface area (Å²) < 4.78 is 2.27. The minimum absolute atomic E-state index is 0.233. The standard InChI is InChI=1S/C27H24N2.C2H6/c1-18-13-14-27(18,2)23-10-6-9-21-22-17-20(19-7-4-3-5-8-19)11-12-24(22)29-16-15-28-26(29)25(21)23;1-2/h3-12,15-18H,13-14H2,1-2H3;1-2H3. The predicted molar refractivity (Wildman–Crippen MR) is 133 cm³/mol. The lowest BCUT2D eigenvalue weighted by atomic mass is 9.58. The highest BCUT2D eigenvalue weighted by Crippen LogP contribution is 2.51. The Bertz CT molecular complexity index is 1380.